The zero-order valence-electron chi connectivity index (χ0n) is 33.8. The minimum Gasteiger partial charge on any atom is -0.462 e. The molecular weight excluding hydrogens is 633 g/mol. The Balaban J connectivity index is 2.13. The Bertz CT molecular complexity index is 872. The molecule has 0 aliphatic carbocycles. The zero-order valence-corrected chi connectivity index (χ0v) is 33.8. The molecule has 296 valence electrons. The van der Waals surface area contributed by atoms with Crippen molar-refractivity contribution in [2.45, 2.75) is 232 Å². The fraction of sp³-hybridized carbons (Fsp3) is 0.826. The van der Waals surface area contributed by atoms with Gasteiger partial charge in [-0.25, -0.2) is 0 Å². The lowest BCUT2D eigenvalue weighted by molar-refractivity contribution is -0.163. The zero-order chi connectivity index (χ0) is 36.7. The molecule has 0 aliphatic rings. The Kier molecular flexibility index (Phi) is 35.0. The summed E-state index contributed by atoms with van der Waals surface area (Å²) < 4.78 is 17.2. The number of esters is 2. The van der Waals surface area contributed by atoms with Crippen LogP contribution in [0.3, 0.4) is 0 Å². The molecule has 5 heteroatoms. The second kappa shape index (κ2) is 37.9. The number of hydrogen-bond donors (Lipinski definition) is 0. The molecule has 0 unspecified atom stereocenters. The van der Waals surface area contributed by atoms with Gasteiger partial charge in [0.1, 0.15) is 6.61 Å². The van der Waals surface area contributed by atoms with E-state index >= 15 is 0 Å². The fourth-order valence-corrected chi connectivity index (χ4v) is 6.78. The van der Waals surface area contributed by atoms with E-state index in [9.17, 15) is 9.59 Å². The van der Waals surface area contributed by atoms with Crippen LogP contribution in [0.1, 0.15) is 225 Å². The van der Waals surface area contributed by atoms with Gasteiger partial charge in [-0.1, -0.05) is 224 Å². The molecule has 0 saturated heterocycles. The first kappa shape index (κ1) is 47.1. The van der Waals surface area contributed by atoms with Crippen LogP contribution in [0.15, 0.2) is 30.3 Å². The fourth-order valence-electron chi connectivity index (χ4n) is 6.78. The summed E-state index contributed by atoms with van der Waals surface area (Å²) in [5, 5.41) is 0. The number of ether oxygens (including phenoxy) is 3. The molecule has 0 aliphatic heterocycles. The lowest BCUT2D eigenvalue weighted by Crippen LogP contribution is -2.29. The van der Waals surface area contributed by atoms with Gasteiger partial charge in [-0.3, -0.25) is 9.59 Å². The van der Waals surface area contributed by atoms with Gasteiger partial charge in [0.25, 0.3) is 0 Å². The van der Waals surface area contributed by atoms with Crippen molar-refractivity contribution in [3.8, 4) is 0 Å². The molecule has 1 aromatic rings. The number of hydrogen-bond acceptors (Lipinski definition) is 5. The summed E-state index contributed by atoms with van der Waals surface area (Å²) in [6, 6.07) is 9.95. The van der Waals surface area contributed by atoms with E-state index in [0.717, 1.165) is 31.2 Å². The van der Waals surface area contributed by atoms with Crippen molar-refractivity contribution >= 4 is 11.9 Å². The third-order valence-corrected chi connectivity index (χ3v) is 10.1. The van der Waals surface area contributed by atoms with Crippen molar-refractivity contribution in [2.75, 3.05) is 13.2 Å². The predicted molar refractivity (Wildman–Crippen MR) is 216 cm³/mol. The average molecular weight is 715 g/mol. The van der Waals surface area contributed by atoms with Crippen LogP contribution in [-0.2, 0) is 30.4 Å². The van der Waals surface area contributed by atoms with Crippen molar-refractivity contribution in [1.29, 1.82) is 0 Å². The van der Waals surface area contributed by atoms with E-state index in [1.807, 2.05) is 30.3 Å². The van der Waals surface area contributed by atoms with Gasteiger partial charge >= 0.3 is 11.9 Å². The van der Waals surface area contributed by atoms with Crippen LogP contribution < -0.4 is 0 Å². The molecular formula is C46H82O5. The van der Waals surface area contributed by atoms with Gasteiger partial charge in [0.2, 0.25) is 0 Å². The average Bonchev–Trinajstić information content (AvgIpc) is 3.14. The number of unbranched alkanes of at least 4 members (excludes halogenated alkanes) is 28. The van der Waals surface area contributed by atoms with Gasteiger partial charge in [-0.05, 0) is 18.4 Å². The maximum atomic E-state index is 12.7. The molecule has 1 rings (SSSR count). The van der Waals surface area contributed by atoms with E-state index in [1.165, 1.54) is 167 Å². The lowest BCUT2D eigenvalue weighted by Gasteiger charge is -2.18. The number of carbonyl (C=O) groups is 2. The second-order valence-electron chi connectivity index (χ2n) is 15.2. The molecule has 0 spiro atoms. The summed E-state index contributed by atoms with van der Waals surface area (Å²) in [5.41, 5.74) is 1.06. The Morgan fingerprint density at radius 3 is 1.20 bits per heavy atom. The van der Waals surface area contributed by atoms with Gasteiger partial charge in [-0.15, -0.1) is 0 Å². The predicted octanol–water partition coefficient (Wildman–Crippen LogP) is 14.2. The molecule has 1 aromatic carbocycles. The van der Waals surface area contributed by atoms with E-state index in [1.54, 1.807) is 0 Å². The van der Waals surface area contributed by atoms with E-state index < -0.39 is 6.10 Å². The highest BCUT2D eigenvalue weighted by Crippen LogP contribution is 2.16. The van der Waals surface area contributed by atoms with Crippen molar-refractivity contribution in [3.05, 3.63) is 35.9 Å². The van der Waals surface area contributed by atoms with Crippen molar-refractivity contribution in [2.24, 2.45) is 0 Å². The second-order valence-corrected chi connectivity index (χ2v) is 15.2. The van der Waals surface area contributed by atoms with Crippen molar-refractivity contribution in [3.63, 3.8) is 0 Å². The highest BCUT2D eigenvalue weighted by molar-refractivity contribution is 5.70. The van der Waals surface area contributed by atoms with Crippen LogP contribution in [0.4, 0.5) is 0 Å². The molecule has 0 bridgehead atoms. The summed E-state index contributed by atoms with van der Waals surface area (Å²) in [6.45, 7) is 5.25. The Morgan fingerprint density at radius 2 is 0.804 bits per heavy atom. The van der Waals surface area contributed by atoms with Gasteiger partial charge in [-0.2, -0.15) is 0 Å². The highest BCUT2D eigenvalue weighted by atomic mass is 16.6. The molecule has 51 heavy (non-hydrogen) atoms. The first-order chi connectivity index (χ1) is 25.2. The normalized spacial score (nSPS) is 11.9. The van der Waals surface area contributed by atoms with E-state index in [4.69, 9.17) is 14.2 Å². The summed E-state index contributed by atoms with van der Waals surface area (Å²) in [7, 11) is 0. The standard InChI is InChI=1S/C46H82O5/c1-3-5-7-9-11-13-15-17-19-21-23-25-27-29-34-38-45(47)50-42-44(41-49-40-43-36-32-31-33-37-43)51-46(48)39-35-30-28-26-24-22-20-18-16-14-12-10-8-6-4-2/h31-33,36-37,44H,3-30,34-35,38-42H2,1-2H3/t44-/m0/s1. The minimum atomic E-state index is -0.581. The first-order valence-electron chi connectivity index (χ1n) is 22.1. The van der Waals surface area contributed by atoms with Crippen LogP contribution in [0, 0.1) is 0 Å². The Morgan fingerprint density at radius 1 is 0.451 bits per heavy atom. The van der Waals surface area contributed by atoms with Crippen LogP contribution >= 0.6 is 0 Å². The third-order valence-electron chi connectivity index (χ3n) is 10.1. The van der Waals surface area contributed by atoms with E-state index in [-0.39, 0.29) is 25.2 Å². The number of rotatable bonds is 39. The first-order valence-corrected chi connectivity index (χ1v) is 22.1. The molecule has 0 saturated carbocycles. The van der Waals surface area contributed by atoms with Gasteiger partial charge in [0.05, 0.1) is 13.2 Å². The molecule has 1 atom stereocenters. The molecule has 0 N–H and O–H groups in total. The topological polar surface area (TPSA) is 61.8 Å². The smallest absolute Gasteiger partial charge is 0.306 e. The van der Waals surface area contributed by atoms with Gasteiger partial charge in [0.15, 0.2) is 6.10 Å². The van der Waals surface area contributed by atoms with Gasteiger partial charge < -0.3 is 14.2 Å². The molecule has 0 amide bonds. The van der Waals surface area contributed by atoms with Crippen LogP contribution in [-0.4, -0.2) is 31.3 Å². The summed E-state index contributed by atoms with van der Waals surface area (Å²) >= 11 is 0. The molecule has 0 radical (unpaired) electrons. The number of carbonyl (C=O) groups excluding carboxylic acids is 2. The summed E-state index contributed by atoms with van der Waals surface area (Å²) in [4.78, 5) is 25.2. The summed E-state index contributed by atoms with van der Waals surface area (Å²) in [6.07, 6.45) is 39.2. The quantitative estimate of drug-likeness (QED) is 0.0502. The monoisotopic (exact) mass is 715 g/mol. The Labute approximate surface area is 316 Å². The van der Waals surface area contributed by atoms with E-state index in [0.29, 0.717) is 19.4 Å². The molecule has 0 aromatic heterocycles. The third kappa shape index (κ3) is 33.7. The summed E-state index contributed by atoms with van der Waals surface area (Å²) in [5.74, 6) is -0.437. The maximum absolute atomic E-state index is 12.7. The largest absolute Gasteiger partial charge is 0.462 e. The maximum Gasteiger partial charge on any atom is 0.306 e. The highest BCUT2D eigenvalue weighted by Gasteiger charge is 2.18. The lowest BCUT2D eigenvalue weighted by atomic mass is 10.0. The Hall–Kier alpha value is -1.88. The van der Waals surface area contributed by atoms with Gasteiger partial charge in [0, 0.05) is 12.8 Å². The van der Waals surface area contributed by atoms with Crippen molar-refractivity contribution in [1.82, 2.24) is 0 Å². The molecule has 0 heterocycles. The minimum absolute atomic E-state index is 0.0525. The number of benzene rings is 1. The molecule has 0 fully saturated rings. The van der Waals surface area contributed by atoms with Crippen LogP contribution in [0.25, 0.3) is 0 Å². The van der Waals surface area contributed by atoms with Crippen LogP contribution in [0.2, 0.25) is 0 Å². The van der Waals surface area contributed by atoms with Crippen LogP contribution in [0.5, 0.6) is 0 Å². The van der Waals surface area contributed by atoms with E-state index in [2.05, 4.69) is 13.8 Å². The van der Waals surface area contributed by atoms with Crippen molar-refractivity contribution < 1.29 is 23.8 Å². The molecule has 5 nitrogen and oxygen atoms in total. The SMILES string of the molecule is CCCCCCCCCCCCCCCCCC(=O)OC[C@H](COCc1ccccc1)OC(=O)CCCCCCCCCCCCCCCCC.